The van der Waals surface area contributed by atoms with Gasteiger partial charge in [0.25, 0.3) is 0 Å². The highest BCUT2D eigenvalue weighted by Crippen LogP contribution is 2.43. The average molecular weight is 236 g/mol. The van der Waals surface area contributed by atoms with Crippen molar-refractivity contribution in [3.05, 3.63) is 58.2 Å². The van der Waals surface area contributed by atoms with Crippen LogP contribution in [0.2, 0.25) is 0 Å². The molecule has 0 radical (unpaired) electrons. The number of carbonyl (C=O) groups is 1. The molecule has 1 nitrogen and oxygen atoms in total. The molecular weight excluding hydrogens is 220 g/mol. The van der Waals surface area contributed by atoms with Crippen LogP contribution in [-0.4, -0.2) is 5.78 Å². The molecule has 90 valence electrons. The highest BCUT2D eigenvalue weighted by molar-refractivity contribution is 6.26. The lowest BCUT2D eigenvalue weighted by molar-refractivity contribution is -0.112. The van der Waals surface area contributed by atoms with Crippen molar-refractivity contribution in [1.82, 2.24) is 0 Å². The van der Waals surface area contributed by atoms with Gasteiger partial charge in [0.15, 0.2) is 5.78 Å². The van der Waals surface area contributed by atoms with E-state index in [1.54, 1.807) is 0 Å². The standard InChI is InChI=1S/C17H16O/c1-3-11-9-12(4-2)17(18)15-10-13-7-5-6-8-14(13)16(11)15/h5-10H,3-4H2,1-2H3. The van der Waals surface area contributed by atoms with Crippen LogP contribution in [0.25, 0.3) is 11.6 Å². The molecule has 18 heavy (non-hydrogen) atoms. The third kappa shape index (κ3) is 1.43. The highest BCUT2D eigenvalue weighted by atomic mass is 16.1. The fraction of sp³-hybridized carbons (Fsp3) is 0.235. The zero-order valence-corrected chi connectivity index (χ0v) is 10.8. The molecule has 0 saturated carbocycles. The Morgan fingerprint density at radius 2 is 1.78 bits per heavy atom. The van der Waals surface area contributed by atoms with E-state index in [0.717, 1.165) is 29.6 Å². The number of fused-ring (bicyclic) bond motifs is 3. The fourth-order valence-corrected chi connectivity index (χ4v) is 2.81. The molecule has 0 atom stereocenters. The Kier molecular flexibility index (Phi) is 2.55. The van der Waals surface area contributed by atoms with Crippen molar-refractivity contribution < 1.29 is 4.79 Å². The normalized spacial score (nSPS) is 17.3. The number of Topliss-reactive ketones (excluding diaryl/α,β-unsaturated/α-hetero) is 1. The lowest BCUT2D eigenvalue weighted by Crippen LogP contribution is -2.11. The van der Waals surface area contributed by atoms with Crippen molar-refractivity contribution in [3.63, 3.8) is 0 Å². The minimum atomic E-state index is 0.209. The van der Waals surface area contributed by atoms with Gasteiger partial charge < -0.3 is 0 Å². The first kappa shape index (κ1) is 11.2. The summed E-state index contributed by atoms with van der Waals surface area (Å²) in [4.78, 5) is 12.4. The number of ketones is 1. The van der Waals surface area contributed by atoms with E-state index in [1.165, 1.54) is 16.7 Å². The topological polar surface area (TPSA) is 17.1 Å². The third-order valence-corrected chi connectivity index (χ3v) is 3.77. The fourth-order valence-electron chi connectivity index (χ4n) is 2.81. The van der Waals surface area contributed by atoms with Gasteiger partial charge in [0.1, 0.15) is 0 Å². The third-order valence-electron chi connectivity index (χ3n) is 3.77. The molecule has 0 unspecified atom stereocenters. The van der Waals surface area contributed by atoms with Crippen LogP contribution in [-0.2, 0) is 4.79 Å². The Morgan fingerprint density at radius 3 is 2.50 bits per heavy atom. The summed E-state index contributed by atoms with van der Waals surface area (Å²) < 4.78 is 0. The number of hydrogen-bond acceptors (Lipinski definition) is 1. The number of hydrogen-bond donors (Lipinski definition) is 0. The summed E-state index contributed by atoms with van der Waals surface area (Å²) in [6.07, 6.45) is 5.92. The lowest BCUT2D eigenvalue weighted by Gasteiger charge is -2.18. The van der Waals surface area contributed by atoms with Gasteiger partial charge in [-0.3, -0.25) is 4.79 Å². The molecule has 1 aromatic carbocycles. The van der Waals surface area contributed by atoms with Gasteiger partial charge >= 0.3 is 0 Å². The van der Waals surface area contributed by atoms with E-state index >= 15 is 0 Å². The van der Waals surface area contributed by atoms with Crippen LogP contribution in [0.3, 0.4) is 0 Å². The van der Waals surface area contributed by atoms with Crippen molar-refractivity contribution in [2.45, 2.75) is 26.7 Å². The first-order chi connectivity index (χ1) is 8.76. The molecular formula is C17H16O. The molecule has 0 spiro atoms. The summed E-state index contributed by atoms with van der Waals surface area (Å²) >= 11 is 0. The highest BCUT2D eigenvalue weighted by Gasteiger charge is 2.30. The van der Waals surface area contributed by atoms with Gasteiger partial charge in [0, 0.05) is 11.1 Å². The van der Waals surface area contributed by atoms with Crippen LogP contribution in [0.1, 0.15) is 37.8 Å². The van der Waals surface area contributed by atoms with Crippen LogP contribution in [0.15, 0.2) is 47.1 Å². The molecule has 0 heterocycles. The van der Waals surface area contributed by atoms with Crippen molar-refractivity contribution in [2.75, 3.05) is 0 Å². The second-order valence-corrected chi connectivity index (χ2v) is 4.75. The van der Waals surface area contributed by atoms with Gasteiger partial charge in [0.05, 0.1) is 0 Å². The second kappa shape index (κ2) is 4.09. The summed E-state index contributed by atoms with van der Waals surface area (Å²) in [6.45, 7) is 4.20. The summed E-state index contributed by atoms with van der Waals surface area (Å²) in [5.74, 6) is 0.209. The Morgan fingerprint density at radius 1 is 1.00 bits per heavy atom. The molecule has 1 heteroatoms. The van der Waals surface area contributed by atoms with Gasteiger partial charge in [-0.05, 0) is 41.2 Å². The van der Waals surface area contributed by atoms with Crippen molar-refractivity contribution in [1.29, 1.82) is 0 Å². The van der Waals surface area contributed by atoms with E-state index in [4.69, 9.17) is 0 Å². The molecule has 0 bridgehead atoms. The number of rotatable bonds is 2. The van der Waals surface area contributed by atoms with Gasteiger partial charge in [-0.1, -0.05) is 44.2 Å². The van der Waals surface area contributed by atoms with Crippen LogP contribution in [0.5, 0.6) is 0 Å². The first-order valence-electron chi connectivity index (χ1n) is 6.56. The van der Waals surface area contributed by atoms with E-state index in [9.17, 15) is 4.79 Å². The monoisotopic (exact) mass is 236 g/mol. The van der Waals surface area contributed by atoms with Crippen LogP contribution in [0, 0.1) is 0 Å². The molecule has 2 aliphatic carbocycles. The van der Waals surface area contributed by atoms with E-state index < -0.39 is 0 Å². The predicted molar refractivity (Wildman–Crippen MR) is 75.0 cm³/mol. The zero-order valence-electron chi connectivity index (χ0n) is 10.8. The predicted octanol–water partition coefficient (Wildman–Crippen LogP) is 4.17. The second-order valence-electron chi connectivity index (χ2n) is 4.75. The van der Waals surface area contributed by atoms with Crippen LogP contribution < -0.4 is 0 Å². The number of allylic oxidation sites excluding steroid dienone is 5. The Balaban J connectivity index is 2.27. The molecule has 0 amide bonds. The Hall–Kier alpha value is -1.89. The summed E-state index contributed by atoms with van der Waals surface area (Å²) in [6, 6.07) is 8.26. The minimum Gasteiger partial charge on any atom is -0.289 e. The summed E-state index contributed by atoms with van der Waals surface area (Å²) in [7, 11) is 0. The molecule has 0 fully saturated rings. The average Bonchev–Trinajstić information content (AvgIpc) is 2.80. The van der Waals surface area contributed by atoms with Gasteiger partial charge in [-0.25, -0.2) is 0 Å². The van der Waals surface area contributed by atoms with E-state index in [2.05, 4.69) is 25.1 Å². The molecule has 0 saturated heterocycles. The molecule has 0 N–H and O–H groups in total. The quantitative estimate of drug-likeness (QED) is 0.753. The molecule has 1 aromatic rings. The van der Waals surface area contributed by atoms with Crippen LogP contribution in [0.4, 0.5) is 0 Å². The molecule has 0 aromatic heterocycles. The maximum absolute atomic E-state index is 12.4. The maximum Gasteiger partial charge on any atom is 0.189 e. The summed E-state index contributed by atoms with van der Waals surface area (Å²) in [5, 5.41) is 0. The largest absolute Gasteiger partial charge is 0.289 e. The Bertz CT molecular complexity index is 627. The molecule has 2 aliphatic rings. The molecule has 0 aliphatic heterocycles. The van der Waals surface area contributed by atoms with Crippen LogP contribution >= 0.6 is 0 Å². The van der Waals surface area contributed by atoms with Crippen molar-refractivity contribution in [2.24, 2.45) is 0 Å². The van der Waals surface area contributed by atoms with E-state index in [0.29, 0.717) is 0 Å². The van der Waals surface area contributed by atoms with Gasteiger partial charge in [-0.2, -0.15) is 0 Å². The summed E-state index contributed by atoms with van der Waals surface area (Å²) in [5.41, 5.74) is 6.68. The zero-order chi connectivity index (χ0) is 12.7. The van der Waals surface area contributed by atoms with Crippen molar-refractivity contribution >= 4 is 17.4 Å². The van der Waals surface area contributed by atoms with Gasteiger partial charge in [-0.15, -0.1) is 0 Å². The first-order valence-corrected chi connectivity index (χ1v) is 6.56. The van der Waals surface area contributed by atoms with E-state index in [1.807, 2.05) is 25.1 Å². The van der Waals surface area contributed by atoms with Crippen molar-refractivity contribution in [3.8, 4) is 0 Å². The SMILES string of the molecule is CCC1=CC(CC)=C2C(=Cc3ccccc32)C1=O. The van der Waals surface area contributed by atoms with Gasteiger partial charge in [0.2, 0.25) is 0 Å². The maximum atomic E-state index is 12.4. The lowest BCUT2D eigenvalue weighted by atomic mass is 9.84. The van der Waals surface area contributed by atoms with E-state index in [-0.39, 0.29) is 5.78 Å². The number of carbonyl (C=O) groups excluding carboxylic acids is 1. The Labute approximate surface area is 108 Å². The smallest absolute Gasteiger partial charge is 0.189 e. The molecule has 3 rings (SSSR count). The minimum absolute atomic E-state index is 0.209. The number of benzene rings is 1.